The fraction of sp³-hybridized carbons (Fsp3) is 0.643. The molecule has 272 valence electrons. The monoisotopic (exact) mass is 703 g/mol. The van der Waals surface area contributed by atoms with Crippen molar-refractivity contribution in [3.8, 4) is 5.75 Å². The normalized spacial score (nSPS) is 35.5. The lowest BCUT2D eigenvalue weighted by Crippen LogP contribution is -2.57. The standard InChI is InChI=1S/C42H57NO6S/c1-28-6-5-16-40(2)38(36-14-8-29(21-34(44)11-7-28)22-37(36)39(45)33-9-12-35(49-3)13-10-33)15-17-42(40,46)27-43(50(4,47)48)26-41-23-30-18-31(24-41)20-32(19-30)25-41/h6,8-10,12-14,22,30-32,34,38,44,46H,5,7,11,15-21,23-27H2,1-4H3. The molecule has 0 spiro atoms. The van der Waals surface area contributed by atoms with Crippen LogP contribution in [0.1, 0.15) is 124 Å². The number of rotatable bonds is 8. The molecule has 0 amide bonds. The molecule has 6 bridgehead atoms. The first-order valence-corrected chi connectivity index (χ1v) is 20.9. The summed E-state index contributed by atoms with van der Waals surface area (Å²) in [7, 11) is -2.00. The third-order valence-electron chi connectivity index (χ3n) is 13.9. The van der Waals surface area contributed by atoms with Crippen LogP contribution in [-0.2, 0) is 16.4 Å². The highest BCUT2D eigenvalue weighted by Gasteiger charge is 2.59. The second kappa shape index (κ2) is 13.5. The Balaban J connectivity index is 1.27. The number of sulfonamides is 1. The molecule has 50 heavy (non-hydrogen) atoms. The lowest BCUT2D eigenvalue weighted by molar-refractivity contribution is -0.0919. The van der Waals surface area contributed by atoms with E-state index in [1.807, 2.05) is 18.2 Å². The van der Waals surface area contributed by atoms with Gasteiger partial charge in [-0.2, -0.15) is 4.31 Å². The second-order valence-corrected chi connectivity index (χ2v) is 19.4. The first-order chi connectivity index (χ1) is 23.7. The van der Waals surface area contributed by atoms with Gasteiger partial charge in [-0.25, -0.2) is 8.42 Å². The molecule has 9 rings (SSSR count). The van der Waals surface area contributed by atoms with E-state index < -0.39 is 27.1 Å². The highest BCUT2D eigenvalue weighted by molar-refractivity contribution is 7.88. The maximum absolute atomic E-state index is 14.4. The van der Waals surface area contributed by atoms with Crippen molar-refractivity contribution in [2.45, 2.75) is 115 Å². The Bertz CT molecular complexity index is 1700. The number of aliphatic hydroxyl groups excluding tert-OH is 1. The molecular formula is C42H57NO6S. The molecule has 0 heterocycles. The molecule has 7 nitrogen and oxygen atoms in total. The van der Waals surface area contributed by atoms with E-state index in [0.717, 1.165) is 43.2 Å². The molecule has 0 saturated heterocycles. The van der Waals surface area contributed by atoms with Crippen LogP contribution in [0.4, 0.5) is 0 Å². The van der Waals surface area contributed by atoms with Gasteiger partial charge >= 0.3 is 0 Å². The van der Waals surface area contributed by atoms with Gasteiger partial charge in [0.15, 0.2) is 5.78 Å². The predicted molar refractivity (Wildman–Crippen MR) is 197 cm³/mol. The molecule has 4 unspecified atom stereocenters. The summed E-state index contributed by atoms with van der Waals surface area (Å²) in [6.45, 7) is 4.82. The number of aliphatic hydroxyl groups is 2. The maximum Gasteiger partial charge on any atom is 0.211 e. The zero-order valence-corrected chi connectivity index (χ0v) is 31.3. The van der Waals surface area contributed by atoms with Crippen LogP contribution in [0.25, 0.3) is 0 Å². The minimum atomic E-state index is -3.60. The van der Waals surface area contributed by atoms with Crippen LogP contribution >= 0.6 is 0 Å². The maximum atomic E-state index is 14.4. The summed E-state index contributed by atoms with van der Waals surface area (Å²) in [5.41, 5.74) is 2.19. The number of carbonyl (C=O) groups excluding carboxylic acids is 1. The number of carbonyl (C=O) groups is 1. The molecule has 5 fully saturated rings. The SMILES string of the molecule is COc1ccc(C(=O)c2cc3ccc2C2CCC(O)(CN(CC45CC6CC(CC(C6)C4)C5)S(C)(=O)=O)C2(C)CCC=C(C)CCC(O)C3)cc1. The number of fused-ring (bicyclic) bond motifs is 8. The quantitative estimate of drug-likeness (QED) is 0.219. The molecular weight excluding hydrogens is 647 g/mol. The Hall–Kier alpha value is -2.52. The van der Waals surface area contributed by atoms with Crippen molar-refractivity contribution in [1.82, 2.24) is 4.31 Å². The number of ketones is 1. The molecule has 2 aromatic rings. The molecule has 5 saturated carbocycles. The first-order valence-electron chi connectivity index (χ1n) is 19.0. The van der Waals surface area contributed by atoms with Gasteiger partial charge in [-0.3, -0.25) is 4.79 Å². The first kappa shape index (κ1) is 35.9. The van der Waals surface area contributed by atoms with Crippen LogP contribution in [0.2, 0.25) is 0 Å². The minimum Gasteiger partial charge on any atom is -0.497 e. The summed E-state index contributed by atoms with van der Waals surface area (Å²) in [6.07, 6.45) is 14.6. The number of hydrogen-bond acceptors (Lipinski definition) is 6. The average molecular weight is 704 g/mol. The van der Waals surface area contributed by atoms with Gasteiger partial charge in [0.25, 0.3) is 0 Å². The zero-order valence-electron chi connectivity index (χ0n) is 30.5. The fourth-order valence-corrected chi connectivity index (χ4v) is 12.5. The van der Waals surface area contributed by atoms with E-state index in [0.29, 0.717) is 73.3 Å². The van der Waals surface area contributed by atoms with E-state index in [9.17, 15) is 23.4 Å². The van der Waals surface area contributed by atoms with Gasteiger partial charge in [-0.05, 0) is 161 Å². The van der Waals surface area contributed by atoms with Crippen molar-refractivity contribution in [3.05, 3.63) is 76.4 Å². The third kappa shape index (κ3) is 6.87. The van der Waals surface area contributed by atoms with E-state index in [1.165, 1.54) is 31.1 Å². The van der Waals surface area contributed by atoms with Gasteiger partial charge in [0.05, 0.1) is 25.1 Å². The van der Waals surface area contributed by atoms with E-state index in [2.05, 4.69) is 19.9 Å². The lowest BCUT2D eigenvalue weighted by Gasteiger charge is -2.58. The van der Waals surface area contributed by atoms with Crippen molar-refractivity contribution >= 4 is 15.8 Å². The number of allylic oxidation sites excluding steroid dienone is 2. The number of nitrogens with zero attached hydrogens (tertiary/aromatic N) is 1. The van der Waals surface area contributed by atoms with Gasteiger partial charge in [-0.15, -0.1) is 0 Å². The number of methoxy groups -OCH3 is 1. The lowest BCUT2D eigenvalue weighted by atomic mass is 9.49. The zero-order chi connectivity index (χ0) is 35.5. The van der Waals surface area contributed by atoms with E-state index in [1.54, 1.807) is 35.7 Å². The summed E-state index contributed by atoms with van der Waals surface area (Å²) in [6, 6.07) is 13.2. The van der Waals surface area contributed by atoms with Gasteiger partial charge in [-0.1, -0.05) is 30.7 Å². The van der Waals surface area contributed by atoms with Crippen LogP contribution in [0.3, 0.4) is 0 Å². The van der Waals surface area contributed by atoms with Gasteiger partial charge < -0.3 is 14.9 Å². The van der Waals surface area contributed by atoms with Crippen molar-refractivity contribution in [2.75, 3.05) is 26.5 Å². The largest absolute Gasteiger partial charge is 0.497 e. The molecule has 4 atom stereocenters. The summed E-state index contributed by atoms with van der Waals surface area (Å²) >= 11 is 0. The van der Waals surface area contributed by atoms with Crippen molar-refractivity contribution < 1.29 is 28.2 Å². The van der Waals surface area contributed by atoms with Crippen molar-refractivity contribution in [1.29, 1.82) is 0 Å². The van der Waals surface area contributed by atoms with Crippen molar-refractivity contribution in [3.63, 3.8) is 0 Å². The van der Waals surface area contributed by atoms with Gasteiger partial charge in [0.1, 0.15) is 5.75 Å². The van der Waals surface area contributed by atoms with E-state index >= 15 is 0 Å². The molecule has 0 aliphatic heterocycles. The van der Waals surface area contributed by atoms with E-state index in [4.69, 9.17) is 4.74 Å². The summed E-state index contributed by atoms with van der Waals surface area (Å²) in [5.74, 6) is 2.53. The Morgan fingerprint density at radius 3 is 2.24 bits per heavy atom. The topological polar surface area (TPSA) is 104 Å². The molecule has 0 radical (unpaired) electrons. The predicted octanol–water partition coefficient (Wildman–Crippen LogP) is 7.44. The smallest absolute Gasteiger partial charge is 0.211 e. The number of benzene rings is 2. The Morgan fingerprint density at radius 2 is 1.62 bits per heavy atom. The second-order valence-electron chi connectivity index (χ2n) is 17.5. The highest BCUT2D eigenvalue weighted by Crippen LogP contribution is 2.62. The van der Waals surface area contributed by atoms with Crippen LogP contribution in [0.15, 0.2) is 54.1 Å². The van der Waals surface area contributed by atoms with Crippen molar-refractivity contribution in [2.24, 2.45) is 28.6 Å². The molecule has 2 aromatic carbocycles. The molecule has 7 aliphatic carbocycles. The molecule has 0 aromatic heterocycles. The highest BCUT2D eigenvalue weighted by atomic mass is 32.2. The number of ether oxygens (including phenoxy) is 1. The Morgan fingerprint density at radius 1 is 0.960 bits per heavy atom. The molecule has 2 N–H and O–H groups in total. The van der Waals surface area contributed by atoms with Crippen LogP contribution in [0, 0.1) is 28.6 Å². The van der Waals surface area contributed by atoms with E-state index in [-0.39, 0.29) is 23.7 Å². The van der Waals surface area contributed by atoms with Gasteiger partial charge in [0.2, 0.25) is 10.0 Å². The Labute approximate surface area is 299 Å². The average Bonchev–Trinajstić information content (AvgIpc) is 3.30. The third-order valence-corrected chi connectivity index (χ3v) is 15.0. The fourth-order valence-electron chi connectivity index (χ4n) is 11.5. The molecule has 7 aliphatic rings. The number of hydrogen-bond donors (Lipinski definition) is 2. The van der Waals surface area contributed by atoms with Crippen LogP contribution < -0.4 is 4.74 Å². The molecule has 8 heteroatoms. The summed E-state index contributed by atoms with van der Waals surface area (Å²) < 4.78 is 34.4. The van der Waals surface area contributed by atoms with Crippen LogP contribution in [0.5, 0.6) is 5.75 Å². The summed E-state index contributed by atoms with van der Waals surface area (Å²) in [5, 5.41) is 24.0. The van der Waals surface area contributed by atoms with Gasteiger partial charge in [0, 0.05) is 29.6 Å². The minimum absolute atomic E-state index is 0.00849. The summed E-state index contributed by atoms with van der Waals surface area (Å²) in [4.78, 5) is 14.4. The Kier molecular flexibility index (Phi) is 9.66. The van der Waals surface area contributed by atoms with Crippen LogP contribution in [-0.4, -0.2) is 66.9 Å².